The Balaban J connectivity index is 1.62. The number of nitrogens with zero attached hydrogens (tertiary/aromatic N) is 3. The van der Waals surface area contributed by atoms with Crippen molar-refractivity contribution in [3.8, 4) is 0 Å². The van der Waals surface area contributed by atoms with Gasteiger partial charge in [-0.15, -0.1) is 0 Å². The zero-order chi connectivity index (χ0) is 14.8. The monoisotopic (exact) mass is 354 g/mol. The van der Waals surface area contributed by atoms with Crippen LogP contribution in [0.5, 0.6) is 0 Å². The lowest BCUT2D eigenvalue weighted by molar-refractivity contribution is 0.148. The minimum Gasteiger partial charge on any atom is -0.369 e. The normalized spacial score (nSPS) is 17.6. The van der Waals surface area contributed by atoms with Crippen LogP contribution in [-0.4, -0.2) is 40.3 Å². The van der Waals surface area contributed by atoms with Gasteiger partial charge in [-0.2, -0.15) is 0 Å². The number of fused-ring (bicyclic) bond motifs is 1. The summed E-state index contributed by atoms with van der Waals surface area (Å²) in [6.45, 7) is 3.56. The van der Waals surface area contributed by atoms with E-state index in [1.165, 1.54) is 0 Å². The number of alkyl halides is 1. The number of rotatable bonds is 4. The molecule has 0 aliphatic carbocycles. The summed E-state index contributed by atoms with van der Waals surface area (Å²) in [5.74, 6) is 0.561. The molecule has 0 radical (unpaired) electrons. The Kier molecular flexibility index (Phi) is 4.45. The molecule has 1 aromatic carbocycles. The minimum absolute atomic E-state index is 0.561. The molecular weight excluding hydrogens is 335 g/mol. The van der Waals surface area contributed by atoms with Crippen molar-refractivity contribution >= 4 is 32.9 Å². The Bertz CT molecular complexity index is 619. The molecule has 0 spiro atoms. The van der Waals surface area contributed by atoms with Crippen LogP contribution in [0.1, 0.15) is 19.3 Å². The van der Waals surface area contributed by atoms with Gasteiger partial charge in [0.15, 0.2) is 0 Å². The maximum atomic E-state index is 13.1. The van der Waals surface area contributed by atoms with E-state index >= 15 is 0 Å². The van der Waals surface area contributed by atoms with E-state index in [-0.39, 0.29) is 0 Å². The number of nitrogen functional groups attached to an aromatic ring is 1. The Hall–Kier alpha value is -1.14. The highest BCUT2D eigenvalue weighted by molar-refractivity contribution is 9.10. The summed E-state index contributed by atoms with van der Waals surface area (Å²) in [7, 11) is 0. The molecule has 0 atom stereocenters. The Morgan fingerprint density at radius 3 is 2.81 bits per heavy atom. The van der Waals surface area contributed by atoms with Crippen LogP contribution in [0.2, 0.25) is 0 Å². The summed E-state index contributed by atoms with van der Waals surface area (Å²) in [6.07, 6.45) is 1.73. The van der Waals surface area contributed by atoms with Crippen molar-refractivity contribution in [2.75, 3.05) is 25.4 Å². The highest BCUT2D eigenvalue weighted by atomic mass is 79.9. The number of piperidine rings is 1. The van der Waals surface area contributed by atoms with Crippen LogP contribution in [-0.2, 0) is 6.54 Å². The van der Waals surface area contributed by atoms with Crippen molar-refractivity contribution in [2.24, 2.45) is 0 Å². The topological polar surface area (TPSA) is 47.1 Å². The van der Waals surface area contributed by atoms with Gasteiger partial charge in [-0.25, -0.2) is 9.37 Å². The Morgan fingerprint density at radius 2 is 2.05 bits per heavy atom. The molecule has 2 heterocycles. The molecule has 0 unspecified atom stereocenters. The molecule has 3 rings (SSSR count). The summed E-state index contributed by atoms with van der Waals surface area (Å²) in [5, 5.41) is 0. The van der Waals surface area contributed by atoms with Crippen molar-refractivity contribution in [2.45, 2.75) is 32.0 Å². The van der Waals surface area contributed by atoms with Gasteiger partial charge in [0.25, 0.3) is 0 Å². The van der Waals surface area contributed by atoms with Gasteiger partial charge in [0.05, 0.1) is 11.0 Å². The number of anilines is 1. The van der Waals surface area contributed by atoms with Crippen LogP contribution in [0.3, 0.4) is 0 Å². The summed E-state index contributed by atoms with van der Waals surface area (Å²) in [5.41, 5.74) is 8.00. The second-order valence-electron chi connectivity index (χ2n) is 5.62. The first-order valence-electron chi connectivity index (χ1n) is 7.41. The summed E-state index contributed by atoms with van der Waals surface area (Å²) in [6, 6.07) is 5.99. The van der Waals surface area contributed by atoms with E-state index in [1.54, 1.807) is 0 Å². The summed E-state index contributed by atoms with van der Waals surface area (Å²) < 4.78 is 16.2. The van der Waals surface area contributed by atoms with Crippen LogP contribution in [0.4, 0.5) is 10.3 Å². The van der Waals surface area contributed by atoms with Crippen LogP contribution in [0, 0.1) is 0 Å². The van der Waals surface area contributed by atoms with Gasteiger partial charge >= 0.3 is 0 Å². The van der Waals surface area contributed by atoms with Crippen molar-refractivity contribution in [3.05, 3.63) is 22.7 Å². The number of imidazole rings is 1. The fourth-order valence-electron chi connectivity index (χ4n) is 2.93. The minimum atomic E-state index is -0.605. The first kappa shape index (κ1) is 14.8. The standard InChI is InChI=1S/C15H20BrFN4/c16-11-2-3-13-14(10-11)21(15(18)19-13)7-1-6-20-8-4-12(17)5-9-20/h2-3,10,12H,1,4-9H2,(H2,18,19). The average Bonchev–Trinajstić information content (AvgIpc) is 2.77. The first-order valence-corrected chi connectivity index (χ1v) is 8.20. The lowest BCUT2D eigenvalue weighted by atomic mass is 10.1. The molecule has 0 amide bonds. The quantitative estimate of drug-likeness (QED) is 0.916. The maximum absolute atomic E-state index is 13.1. The number of aromatic nitrogens is 2. The highest BCUT2D eigenvalue weighted by Crippen LogP contribution is 2.22. The lowest BCUT2D eigenvalue weighted by Crippen LogP contribution is -2.35. The Morgan fingerprint density at radius 1 is 1.29 bits per heavy atom. The van der Waals surface area contributed by atoms with Gasteiger partial charge in [-0.1, -0.05) is 15.9 Å². The number of likely N-dealkylation sites (tertiary alicyclic amines) is 1. The number of nitrogens with two attached hydrogens (primary N) is 1. The number of benzene rings is 1. The third-order valence-corrected chi connectivity index (χ3v) is 4.61. The summed E-state index contributed by atoms with van der Waals surface area (Å²) >= 11 is 3.49. The number of hydrogen-bond donors (Lipinski definition) is 1. The van der Waals surface area contributed by atoms with Gasteiger partial charge in [-0.3, -0.25) is 0 Å². The molecule has 114 valence electrons. The van der Waals surface area contributed by atoms with Crippen molar-refractivity contribution in [1.29, 1.82) is 0 Å². The fourth-order valence-corrected chi connectivity index (χ4v) is 3.28. The molecule has 6 heteroatoms. The molecule has 1 aromatic heterocycles. The first-order chi connectivity index (χ1) is 10.1. The zero-order valence-corrected chi connectivity index (χ0v) is 13.5. The predicted molar refractivity (Wildman–Crippen MR) is 87.0 cm³/mol. The average molecular weight is 355 g/mol. The molecular formula is C15H20BrFN4. The molecule has 0 bridgehead atoms. The van der Waals surface area contributed by atoms with Gasteiger partial charge in [0, 0.05) is 24.1 Å². The zero-order valence-electron chi connectivity index (χ0n) is 11.9. The van der Waals surface area contributed by atoms with Gasteiger partial charge in [-0.05, 0) is 44.0 Å². The molecule has 1 fully saturated rings. The third-order valence-electron chi connectivity index (χ3n) is 4.11. The van der Waals surface area contributed by atoms with E-state index in [1.807, 2.05) is 18.2 Å². The van der Waals surface area contributed by atoms with E-state index in [2.05, 4.69) is 30.4 Å². The van der Waals surface area contributed by atoms with E-state index in [9.17, 15) is 4.39 Å². The van der Waals surface area contributed by atoms with Crippen molar-refractivity contribution < 1.29 is 4.39 Å². The fraction of sp³-hybridized carbons (Fsp3) is 0.533. The van der Waals surface area contributed by atoms with Gasteiger partial charge in [0.1, 0.15) is 6.17 Å². The SMILES string of the molecule is Nc1nc2ccc(Br)cc2n1CCCN1CCC(F)CC1. The summed E-state index contributed by atoms with van der Waals surface area (Å²) in [4.78, 5) is 6.72. The largest absolute Gasteiger partial charge is 0.369 e. The van der Waals surface area contributed by atoms with Crippen LogP contribution >= 0.6 is 15.9 Å². The van der Waals surface area contributed by atoms with Crippen molar-refractivity contribution in [3.63, 3.8) is 0 Å². The van der Waals surface area contributed by atoms with E-state index in [0.29, 0.717) is 18.8 Å². The van der Waals surface area contributed by atoms with E-state index < -0.39 is 6.17 Å². The molecule has 1 aliphatic rings. The molecule has 0 saturated carbocycles. The van der Waals surface area contributed by atoms with Gasteiger partial charge < -0.3 is 15.2 Å². The van der Waals surface area contributed by atoms with Crippen molar-refractivity contribution in [1.82, 2.24) is 14.5 Å². The number of aryl methyl sites for hydroxylation is 1. The molecule has 4 nitrogen and oxygen atoms in total. The lowest BCUT2D eigenvalue weighted by Gasteiger charge is -2.28. The van der Waals surface area contributed by atoms with Crippen LogP contribution in [0.25, 0.3) is 11.0 Å². The Labute approximate surface area is 132 Å². The molecule has 21 heavy (non-hydrogen) atoms. The second-order valence-corrected chi connectivity index (χ2v) is 6.54. The van der Waals surface area contributed by atoms with E-state index in [4.69, 9.17) is 5.73 Å². The van der Waals surface area contributed by atoms with Gasteiger partial charge in [0.2, 0.25) is 5.95 Å². The maximum Gasteiger partial charge on any atom is 0.201 e. The van der Waals surface area contributed by atoms with Crippen LogP contribution in [0.15, 0.2) is 22.7 Å². The van der Waals surface area contributed by atoms with Crippen LogP contribution < -0.4 is 5.73 Å². The smallest absolute Gasteiger partial charge is 0.201 e. The third kappa shape index (κ3) is 3.37. The molecule has 2 aromatic rings. The molecule has 1 aliphatic heterocycles. The molecule has 2 N–H and O–H groups in total. The second kappa shape index (κ2) is 6.32. The molecule has 1 saturated heterocycles. The highest BCUT2D eigenvalue weighted by Gasteiger charge is 2.18. The predicted octanol–water partition coefficient (Wildman–Crippen LogP) is 3.21. The number of halogens is 2. The number of hydrogen-bond acceptors (Lipinski definition) is 3. The van der Waals surface area contributed by atoms with E-state index in [0.717, 1.165) is 48.1 Å².